The molecule has 1 N–H and O–H groups in total. The van der Waals surface area contributed by atoms with Crippen molar-refractivity contribution < 1.29 is 18.5 Å². The van der Waals surface area contributed by atoms with E-state index in [9.17, 15) is 9.00 Å². The number of aryl methyl sites for hydroxylation is 1. The standard InChI is InChI=1S/C10H14O4S/c1-3-4-15(13)6-8-5-7(2)9(14-8)10(11)12/h5H,3-4,6H2,1-2H3,(H,11,12). The van der Waals surface area contributed by atoms with E-state index < -0.39 is 16.8 Å². The topological polar surface area (TPSA) is 67.5 Å². The first-order valence-electron chi connectivity index (χ1n) is 4.72. The Morgan fingerprint density at radius 2 is 2.27 bits per heavy atom. The molecule has 1 atom stereocenters. The minimum Gasteiger partial charge on any atom is -0.475 e. The Balaban J connectivity index is 2.75. The smallest absolute Gasteiger partial charge is 0.372 e. The molecule has 0 amide bonds. The SMILES string of the molecule is CCCS(=O)Cc1cc(C)c(C(=O)O)o1. The van der Waals surface area contributed by atoms with Gasteiger partial charge in [0.2, 0.25) is 5.76 Å². The lowest BCUT2D eigenvalue weighted by molar-refractivity contribution is 0.0659. The number of furan rings is 1. The normalized spacial score (nSPS) is 12.7. The first-order valence-corrected chi connectivity index (χ1v) is 6.21. The van der Waals surface area contributed by atoms with Gasteiger partial charge in [-0.25, -0.2) is 4.79 Å². The molecule has 0 aliphatic carbocycles. The van der Waals surface area contributed by atoms with Gasteiger partial charge >= 0.3 is 5.97 Å². The molecule has 1 unspecified atom stereocenters. The molecular weight excluding hydrogens is 216 g/mol. The van der Waals surface area contributed by atoms with Gasteiger partial charge in [0.1, 0.15) is 5.76 Å². The number of carbonyl (C=O) groups is 1. The highest BCUT2D eigenvalue weighted by Gasteiger charge is 2.15. The molecule has 0 aromatic carbocycles. The van der Waals surface area contributed by atoms with Crippen LogP contribution in [0, 0.1) is 6.92 Å². The fraction of sp³-hybridized carbons (Fsp3) is 0.500. The molecule has 0 saturated carbocycles. The summed E-state index contributed by atoms with van der Waals surface area (Å²) in [4.78, 5) is 10.7. The molecule has 0 fully saturated rings. The molecule has 15 heavy (non-hydrogen) atoms. The first-order chi connectivity index (χ1) is 7.04. The Kier molecular flexibility index (Phi) is 4.08. The number of aromatic carboxylic acids is 1. The second kappa shape index (κ2) is 5.11. The van der Waals surface area contributed by atoms with E-state index in [0.717, 1.165) is 6.42 Å². The Hall–Kier alpha value is -1.10. The zero-order valence-corrected chi connectivity index (χ0v) is 9.60. The van der Waals surface area contributed by atoms with Crippen LogP contribution in [0.25, 0.3) is 0 Å². The number of hydrogen-bond acceptors (Lipinski definition) is 3. The lowest BCUT2D eigenvalue weighted by atomic mass is 10.3. The van der Waals surface area contributed by atoms with E-state index >= 15 is 0 Å². The lowest BCUT2D eigenvalue weighted by Gasteiger charge is -1.95. The summed E-state index contributed by atoms with van der Waals surface area (Å²) >= 11 is 0. The van der Waals surface area contributed by atoms with Crippen LogP contribution in [0.4, 0.5) is 0 Å². The Bertz CT molecular complexity index is 381. The molecule has 0 spiro atoms. The molecule has 0 saturated heterocycles. The van der Waals surface area contributed by atoms with Crippen molar-refractivity contribution in [2.45, 2.75) is 26.0 Å². The van der Waals surface area contributed by atoms with Crippen LogP contribution in [0.15, 0.2) is 10.5 Å². The molecule has 0 aliphatic rings. The summed E-state index contributed by atoms with van der Waals surface area (Å²) in [7, 11) is -0.966. The van der Waals surface area contributed by atoms with Crippen LogP contribution in [-0.2, 0) is 16.6 Å². The van der Waals surface area contributed by atoms with Crippen LogP contribution >= 0.6 is 0 Å². The highest BCUT2D eigenvalue weighted by Crippen LogP contribution is 2.16. The van der Waals surface area contributed by atoms with Crippen molar-refractivity contribution in [3.05, 3.63) is 23.2 Å². The van der Waals surface area contributed by atoms with E-state index in [1.165, 1.54) is 0 Å². The van der Waals surface area contributed by atoms with Crippen molar-refractivity contribution in [3.63, 3.8) is 0 Å². The average molecular weight is 230 g/mol. The minimum atomic E-state index is -1.08. The minimum absolute atomic E-state index is 0.0569. The second-order valence-corrected chi connectivity index (χ2v) is 4.89. The van der Waals surface area contributed by atoms with Gasteiger partial charge in [0, 0.05) is 22.1 Å². The summed E-state index contributed by atoms with van der Waals surface area (Å²) in [6.45, 7) is 3.62. The summed E-state index contributed by atoms with van der Waals surface area (Å²) in [5.41, 5.74) is 0.575. The van der Waals surface area contributed by atoms with E-state index in [0.29, 0.717) is 22.8 Å². The summed E-state index contributed by atoms with van der Waals surface area (Å²) in [5, 5.41) is 8.75. The third-order valence-corrected chi connectivity index (χ3v) is 3.37. The van der Waals surface area contributed by atoms with Crippen molar-refractivity contribution in [1.82, 2.24) is 0 Å². The molecule has 1 aromatic heterocycles. The highest BCUT2D eigenvalue weighted by molar-refractivity contribution is 7.84. The number of hydrogen-bond donors (Lipinski definition) is 1. The second-order valence-electron chi connectivity index (χ2n) is 3.32. The van der Waals surface area contributed by atoms with E-state index in [1.54, 1.807) is 13.0 Å². The van der Waals surface area contributed by atoms with Gasteiger partial charge in [0.25, 0.3) is 0 Å². The van der Waals surface area contributed by atoms with Gasteiger partial charge in [-0.2, -0.15) is 0 Å². The van der Waals surface area contributed by atoms with Crippen LogP contribution in [-0.4, -0.2) is 21.0 Å². The Morgan fingerprint density at radius 3 is 2.73 bits per heavy atom. The Labute approximate surface area is 90.7 Å². The number of carboxylic acids is 1. The summed E-state index contributed by atoms with van der Waals surface area (Å²) in [6.07, 6.45) is 0.845. The predicted molar refractivity (Wildman–Crippen MR) is 57.4 cm³/mol. The zero-order valence-electron chi connectivity index (χ0n) is 8.78. The van der Waals surface area contributed by atoms with Gasteiger partial charge in [-0.05, 0) is 19.4 Å². The predicted octanol–water partition coefficient (Wildman–Crippen LogP) is 1.94. The molecule has 1 heterocycles. The fourth-order valence-electron chi connectivity index (χ4n) is 1.29. The summed E-state index contributed by atoms with van der Waals surface area (Å²) in [6, 6.07) is 1.64. The van der Waals surface area contributed by atoms with Crippen molar-refractivity contribution in [1.29, 1.82) is 0 Å². The maximum absolute atomic E-state index is 11.4. The maximum atomic E-state index is 11.4. The molecule has 84 valence electrons. The van der Waals surface area contributed by atoms with Gasteiger partial charge in [-0.15, -0.1) is 0 Å². The van der Waals surface area contributed by atoms with Gasteiger partial charge in [-0.3, -0.25) is 4.21 Å². The van der Waals surface area contributed by atoms with Gasteiger partial charge in [0.05, 0.1) is 5.75 Å². The number of rotatable bonds is 5. The molecule has 1 rings (SSSR count). The maximum Gasteiger partial charge on any atom is 0.372 e. The molecule has 1 aromatic rings. The van der Waals surface area contributed by atoms with Gasteiger partial charge in [-0.1, -0.05) is 6.92 Å². The van der Waals surface area contributed by atoms with Crippen molar-refractivity contribution in [3.8, 4) is 0 Å². The van der Waals surface area contributed by atoms with Gasteiger partial charge in [0.15, 0.2) is 0 Å². The molecule has 5 heteroatoms. The molecule has 0 bridgehead atoms. The van der Waals surface area contributed by atoms with Crippen LogP contribution in [0.1, 0.15) is 35.2 Å². The van der Waals surface area contributed by atoms with Crippen LogP contribution in [0.2, 0.25) is 0 Å². The largest absolute Gasteiger partial charge is 0.475 e. The monoisotopic (exact) mass is 230 g/mol. The van der Waals surface area contributed by atoms with Crippen molar-refractivity contribution in [2.75, 3.05) is 5.75 Å². The molecule has 0 aliphatic heterocycles. The van der Waals surface area contributed by atoms with Crippen molar-refractivity contribution in [2.24, 2.45) is 0 Å². The third-order valence-electron chi connectivity index (χ3n) is 1.90. The van der Waals surface area contributed by atoms with E-state index in [2.05, 4.69) is 0 Å². The summed E-state index contributed by atoms with van der Waals surface area (Å²) in [5.74, 6) is 0.250. The van der Waals surface area contributed by atoms with E-state index in [1.807, 2.05) is 6.92 Å². The van der Waals surface area contributed by atoms with Crippen LogP contribution < -0.4 is 0 Å². The molecule has 4 nitrogen and oxygen atoms in total. The lowest BCUT2D eigenvalue weighted by Crippen LogP contribution is -1.99. The quantitative estimate of drug-likeness (QED) is 0.839. The van der Waals surface area contributed by atoms with E-state index in [-0.39, 0.29) is 5.76 Å². The first kappa shape index (κ1) is 12.0. The average Bonchev–Trinajstić information content (AvgIpc) is 2.47. The van der Waals surface area contributed by atoms with Crippen LogP contribution in [0.5, 0.6) is 0 Å². The third kappa shape index (κ3) is 3.20. The summed E-state index contributed by atoms with van der Waals surface area (Å²) < 4.78 is 16.5. The fourth-order valence-corrected chi connectivity index (χ4v) is 2.35. The molecular formula is C10H14O4S. The van der Waals surface area contributed by atoms with E-state index in [4.69, 9.17) is 9.52 Å². The van der Waals surface area contributed by atoms with Crippen molar-refractivity contribution >= 4 is 16.8 Å². The number of carboxylic acid groups (broad SMARTS) is 1. The highest BCUT2D eigenvalue weighted by atomic mass is 32.2. The molecule has 0 radical (unpaired) electrons. The zero-order chi connectivity index (χ0) is 11.4. The Morgan fingerprint density at radius 1 is 1.60 bits per heavy atom. The van der Waals surface area contributed by atoms with Gasteiger partial charge < -0.3 is 9.52 Å². The van der Waals surface area contributed by atoms with Crippen LogP contribution in [0.3, 0.4) is 0 Å².